The van der Waals surface area contributed by atoms with E-state index in [1.807, 2.05) is 48.5 Å². The summed E-state index contributed by atoms with van der Waals surface area (Å²) < 4.78 is 44.9. The lowest BCUT2D eigenvalue weighted by molar-refractivity contribution is -0.145. The van der Waals surface area contributed by atoms with Crippen LogP contribution in [0.4, 0.5) is 9.59 Å². The Hall–Kier alpha value is -3.92. The molecule has 15 nitrogen and oxygen atoms in total. The summed E-state index contributed by atoms with van der Waals surface area (Å²) in [4.78, 5) is 68.1. The molecule has 4 amide bonds. The molecule has 58 heavy (non-hydrogen) atoms. The Balaban J connectivity index is 1.59. The summed E-state index contributed by atoms with van der Waals surface area (Å²) >= 11 is 0. The molecule has 0 bridgehead atoms. The van der Waals surface area contributed by atoms with Crippen molar-refractivity contribution in [2.75, 3.05) is 45.9 Å². The molecule has 1 atom stereocenters. The number of ether oxygens (including phenoxy) is 3. The predicted octanol–water partition coefficient (Wildman–Crippen LogP) is 5.55. The maximum absolute atomic E-state index is 13.7. The van der Waals surface area contributed by atoms with Crippen molar-refractivity contribution in [3.05, 3.63) is 29.8 Å². The molecule has 0 aliphatic carbocycles. The van der Waals surface area contributed by atoms with Gasteiger partial charge in [0.05, 0.1) is 18.0 Å². The molecule has 2 heterocycles. The van der Waals surface area contributed by atoms with E-state index < -0.39 is 39.1 Å². The van der Waals surface area contributed by atoms with E-state index in [1.54, 1.807) is 28.9 Å². The Kier molecular flexibility index (Phi) is 18.8. The first-order valence-electron chi connectivity index (χ1n) is 21.0. The number of nitrogens with zero attached hydrogens (tertiary/aromatic N) is 2. The normalized spacial score (nSPS) is 16.4. The van der Waals surface area contributed by atoms with Crippen molar-refractivity contribution in [1.82, 2.24) is 25.2 Å². The number of sulfonamides is 1. The molecule has 2 aliphatic heterocycles. The van der Waals surface area contributed by atoms with Crippen molar-refractivity contribution in [3.8, 4) is 0 Å². The number of amides is 4. The molecule has 3 rings (SSSR count). The second-order valence-electron chi connectivity index (χ2n) is 17.5. The SMILES string of the molecule is CCCc1ccc(S(=O)(=O)N[C@@H](CNC(=O)CNC(=O)C(CCC2CCN(C(=O)OC(C)(C)C)CC2)CCC2CCN(C(=O)OC(C)(C)C)CC2)C(=O)OCC)cc1. The van der Waals surface area contributed by atoms with Gasteiger partial charge in [0.1, 0.15) is 17.2 Å². The fourth-order valence-electron chi connectivity index (χ4n) is 7.13. The van der Waals surface area contributed by atoms with E-state index in [2.05, 4.69) is 15.4 Å². The molecule has 0 unspecified atom stereocenters. The van der Waals surface area contributed by atoms with Gasteiger partial charge >= 0.3 is 18.2 Å². The fraction of sp³-hybridized carbons (Fsp3) is 0.738. The average Bonchev–Trinajstić information content (AvgIpc) is 3.15. The van der Waals surface area contributed by atoms with Gasteiger partial charge < -0.3 is 34.6 Å². The lowest BCUT2D eigenvalue weighted by Gasteiger charge is -2.34. The Bertz CT molecular complexity index is 1560. The number of esters is 1. The maximum Gasteiger partial charge on any atom is 0.410 e. The molecule has 1 aromatic carbocycles. The van der Waals surface area contributed by atoms with Crippen LogP contribution in [-0.2, 0) is 45.0 Å². The maximum atomic E-state index is 13.7. The predicted molar refractivity (Wildman–Crippen MR) is 220 cm³/mol. The molecule has 16 heteroatoms. The van der Waals surface area contributed by atoms with Crippen LogP contribution in [0.25, 0.3) is 0 Å². The minimum Gasteiger partial charge on any atom is -0.465 e. The minimum absolute atomic E-state index is 0.0138. The first-order chi connectivity index (χ1) is 27.2. The first kappa shape index (κ1) is 48.4. The van der Waals surface area contributed by atoms with Crippen LogP contribution >= 0.6 is 0 Å². The molecule has 2 aliphatic rings. The molecule has 0 aromatic heterocycles. The third-order valence-electron chi connectivity index (χ3n) is 10.3. The summed E-state index contributed by atoms with van der Waals surface area (Å²) in [5, 5.41) is 5.34. The summed E-state index contributed by atoms with van der Waals surface area (Å²) in [6.45, 7) is 16.3. The van der Waals surface area contributed by atoms with E-state index in [4.69, 9.17) is 14.2 Å². The molecule has 0 saturated carbocycles. The van der Waals surface area contributed by atoms with Gasteiger partial charge in [-0.15, -0.1) is 0 Å². The number of carbonyl (C=O) groups excluding carboxylic acids is 5. The molecule has 1 aromatic rings. The number of hydrogen-bond donors (Lipinski definition) is 3. The topological polar surface area (TPSA) is 190 Å². The average molecular weight is 836 g/mol. The Morgan fingerprint density at radius 2 is 1.24 bits per heavy atom. The van der Waals surface area contributed by atoms with Crippen LogP contribution in [0.2, 0.25) is 0 Å². The van der Waals surface area contributed by atoms with Gasteiger partial charge in [-0.3, -0.25) is 14.4 Å². The highest BCUT2D eigenvalue weighted by Crippen LogP contribution is 2.30. The highest BCUT2D eigenvalue weighted by molar-refractivity contribution is 7.89. The molecule has 0 spiro atoms. The summed E-state index contributed by atoms with van der Waals surface area (Å²) in [5.74, 6) is -1.41. The number of aryl methyl sites for hydroxylation is 1. The molecule has 328 valence electrons. The monoisotopic (exact) mass is 835 g/mol. The van der Waals surface area contributed by atoms with Crippen molar-refractivity contribution in [3.63, 3.8) is 0 Å². The van der Waals surface area contributed by atoms with Gasteiger partial charge in [0.2, 0.25) is 21.8 Å². The molecular formula is C42H69N5O10S. The van der Waals surface area contributed by atoms with Crippen LogP contribution in [0, 0.1) is 17.8 Å². The first-order valence-corrected chi connectivity index (χ1v) is 22.5. The second kappa shape index (κ2) is 22.5. The van der Waals surface area contributed by atoms with Gasteiger partial charge in [0.25, 0.3) is 0 Å². The minimum atomic E-state index is -4.12. The van der Waals surface area contributed by atoms with Crippen molar-refractivity contribution < 1.29 is 46.6 Å². The highest BCUT2D eigenvalue weighted by atomic mass is 32.2. The molecule has 3 N–H and O–H groups in total. The van der Waals surface area contributed by atoms with E-state index in [0.29, 0.717) is 50.9 Å². The number of benzene rings is 1. The van der Waals surface area contributed by atoms with E-state index >= 15 is 0 Å². The molecule has 2 saturated heterocycles. The van der Waals surface area contributed by atoms with Crippen molar-refractivity contribution >= 4 is 40.0 Å². The Morgan fingerprint density at radius 1 is 0.759 bits per heavy atom. The number of piperidine rings is 2. The standard InChI is InChI=1S/C42H69N5O10S/c1-9-11-30-14-18-34(19-15-30)58(53,54)45-35(38(50)55-10-2)28-43-36(48)29-44-37(49)33(16-12-31-20-24-46(25-21-31)39(51)56-41(3,4)5)17-13-32-22-26-47(27-23-32)40(52)57-42(6,7)8/h14-15,18-19,31-33,35,45H,9-13,16-17,20-29H2,1-8H3,(H,43,48)(H,44,49)/t35-/m0/s1. The van der Waals surface area contributed by atoms with Gasteiger partial charge in [0.15, 0.2) is 0 Å². The third kappa shape index (κ3) is 17.1. The molecule has 2 fully saturated rings. The van der Waals surface area contributed by atoms with Gasteiger partial charge in [-0.2, -0.15) is 4.72 Å². The highest BCUT2D eigenvalue weighted by Gasteiger charge is 2.31. The number of rotatable bonds is 18. The van der Waals surface area contributed by atoms with E-state index in [1.165, 1.54) is 12.1 Å². The van der Waals surface area contributed by atoms with Crippen LogP contribution in [-0.4, -0.2) is 111 Å². The van der Waals surface area contributed by atoms with Gasteiger partial charge in [-0.1, -0.05) is 25.5 Å². The quantitative estimate of drug-likeness (QED) is 0.125. The van der Waals surface area contributed by atoms with E-state index in [9.17, 15) is 32.4 Å². The zero-order valence-corrected chi connectivity index (χ0v) is 36.8. The number of hydrogen-bond acceptors (Lipinski definition) is 10. The van der Waals surface area contributed by atoms with Crippen molar-refractivity contribution in [2.45, 2.75) is 142 Å². The fourth-order valence-corrected chi connectivity index (χ4v) is 8.31. The Labute approximate surface area is 346 Å². The number of nitrogens with one attached hydrogen (secondary N) is 3. The van der Waals surface area contributed by atoms with E-state index in [-0.39, 0.29) is 48.6 Å². The van der Waals surface area contributed by atoms with Crippen LogP contribution in [0.3, 0.4) is 0 Å². The van der Waals surface area contributed by atoms with E-state index in [0.717, 1.165) is 56.9 Å². The smallest absolute Gasteiger partial charge is 0.410 e. The zero-order chi connectivity index (χ0) is 43.1. The second-order valence-corrected chi connectivity index (χ2v) is 19.2. The van der Waals surface area contributed by atoms with Gasteiger partial charge in [-0.05, 0) is 136 Å². The van der Waals surface area contributed by atoms with Crippen LogP contribution in [0.15, 0.2) is 29.2 Å². The number of carbonyl (C=O) groups is 5. The lowest BCUT2D eigenvalue weighted by Crippen LogP contribution is -2.50. The zero-order valence-electron chi connectivity index (χ0n) is 36.0. The largest absolute Gasteiger partial charge is 0.465 e. The van der Waals surface area contributed by atoms with Gasteiger partial charge in [-0.25, -0.2) is 18.0 Å². The van der Waals surface area contributed by atoms with Crippen LogP contribution < -0.4 is 15.4 Å². The van der Waals surface area contributed by atoms with Crippen molar-refractivity contribution in [2.24, 2.45) is 17.8 Å². The summed E-state index contributed by atoms with van der Waals surface area (Å²) in [6.07, 6.45) is 7.05. The summed E-state index contributed by atoms with van der Waals surface area (Å²) in [5.41, 5.74) is -0.154. The summed E-state index contributed by atoms with van der Waals surface area (Å²) in [7, 11) is -4.12. The van der Waals surface area contributed by atoms with Crippen molar-refractivity contribution in [1.29, 1.82) is 0 Å². The molecule has 0 radical (unpaired) electrons. The van der Waals surface area contributed by atoms with Crippen LogP contribution in [0.5, 0.6) is 0 Å². The third-order valence-corrected chi connectivity index (χ3v) is 11.8. The Morgan fingerprint density at radius 3 is 1.67 bits per heavy atom. The number of likely N-dealkylation sites (tertiary alicyclic amines) is 2. The summed E-state index contributed by atoms with van der Waals surface area (Å²) in [6, 6.07) is 5.00. The molecular weight excluding hydrogens is 767 g/mol. The lowest BCUT2D eigenvalue weighted by atomic mass is 9.84. The van der Waals surface area contributed by atoms with Gasteiger partial charge in [0, 0.05) is 38.6 Å². The van der Waals surface area contributed by atoms with Crippen LogP contribution in [0.1, 0.15) is 119 Å².